The SMILES string of the molecule is CCC(NC(=O)c1cn(-c2cccc(C)c2)nn1)C(=O)O. The summed E-state index contributed by atoms with van der Waals surface area (Å²) in [7, 11) is 0. The standard InChI is InChI=1S/C14H16N4O3/c1-3-11(14(20)21)15-13(19)12-8-18(17-16-12)10-6-4-5-9(2)7-10/h4-8,11H,3H2,1-2H3,(H,15,19)(H,20,21). The van der Waals surface area contributed by atoms with Crippen molar-refractivity contribution in [1.82, 2.24) is 20.3 Å². The molecule has 1 aromatic heterocycles. The number of hydrogen-bond donors (Lipinski definition) is 2. The number of nitrogens with one attached hydrogen (secondary N) is 1. The van der Waals surface area contributed by atoms with Gasteiger partial charge in [-0.3, -0.25) is 4.79 Å². The average molecular weight is 288 g/mol. The number of hydrogen-bond acceptors (Lipinski definition) is 4. The number of carboxylic acid groups (broad SMARTS) is 1. The summed E-state index contributed by atoms with van der Waals surface area (Å²) < 4.78 is 1.48. The van der Waals surface area contributed by atoms with Crippen LogP contribution in [0.2, 0.25) is 0 Å². The zero-order chi connectivity index (χ0) is 15.4. The van der Waals surface area contributed by atoms with Crippen LogP contribution in [0.5, 0.6) is 0 Å². The Morgan fingerprint density at radius 2 is 2.19 bits per heavy atom. The maximum atomic E-state index is 11.9. The van der Waals surface area contributed by atoms with Gasteiger partial charge in [-0.1, -0.05) is 24.3 Å². The van der Waals surface area contributed by atoms with Crippen molar-refractivity contribution in [1.29, 1.82) is 0 Å². The second-order valence-corrected chi connectivity index (χ2v) is 4.66. The summed E-state index contributed by atoms with van der Waals surface area (Å²) >= 11 is 0. The van der Waals surface area contributed by atoms with Gasteiger partial charge in [-0.15, -0.1) is 5.10 Å². The van der Waals surface area contributed by atoms with Gasteiger partial charge >= 0.3 is 5.97 Å². The Hall–Kier alpha value is -2.70. The lowest BCUT2D eigenvalue weighted by Crippen LogP contribution is -2.40. The second kappa shape index (κ2) is 6.17. The highest BCUT2D eigenvalue weighted by molar-refractivity contribution is 5.94. The average Bonchev–Trinajstić information content (AvgIpc) is 2.94. The minimum atomic E-state index is -1.07. The molecule has 0 aliphatic carbocycles. The van der Waals surface area contributed by atoms with Gasteiger partial charge in [0.1, 0.15) is 6.04 Å². The molecule has 1 unspecified atom stereocenters. The number of carbonyl (C=O) groups is 2. The predicted octanol–water partition coefficient (Wildman–Crippen LogP) is 1.17. The fourth-order valence-electron chi connectivity index (χ4n) is 1.84. The van der Waals surface area contributed by atoms with E-state index in [1.807, 2.05) is 31.2 Å². The minimum absolute atomic E-state index is 0.0798. The number of aryl methyl sites for hydroxylation is 1. The van der Waals surface area contributed by atoms with Gasteiger partial charge in [0.2, 0.25) is 0 Å². The summed E-state index contributed by atoms with van der Waals surface area (Å²) in [5.74, 6) is -1.62. The predicted molar refractivity (Wildman–Crippen MR) is 75.3 cm³/mol. The highest BCUT2D eigenvalue weighted by Gasteiger charge is 2.20. The lowest BCUT2D eigenvalue weighted by Gasteiger charge is -2.10. The third-order valence-electron chi connectivity index (χ3n) is 3.00. The van der Waals surface area contributed by atoms with Crippen LogP contribution >= 0.6 is 0 Å². The largest absolute Gasteiger partial charge is 0.480 e. The Balaban J connectivity index is 2.16. The molecular formula is C14H16N4O3. The van der Waals surface area contributed by atoms with E-state index in [0.717, 1.165) is 11.3 Å². The van der Waals surface area contributed by atoms with Crippen LogP contribution in [0, 0.1) is 6.92 Å². The molecule has 0 saturated carbocycles. The molecule has 1 amide bonds. The molecule has 1 atom stereocenters. The van der Waals surface area contributed by atoms with E-state index < -0.39 is 17.9 Å². The summed E-state index contributed by atoms with van der Waals surface area (Å²) in [6.07, 6.45) is 1.77. The Morgan fingerprint density at radius 1 is 1.43 bits per heavy atom. The lowest BCUT2D eigenvalue weighted by atomic mass is 10.2. The highest BCUT2D eigenvalue weighted by Crippen LogP contribution is 2.09. The molecule has 0 fully saturated rings. The van der Waals surface area contributed by atoms with Crippen LogP contribution in [-0.2, 0) is 4.79 Å². The maximum Gasteiger partial charge on any atom is 0.326 e. The smallest absolute Gasteiger partial charge is 0.326 e. The first kappa shape index (κ1) is 14.7. The van der Waals surface area contributed by atoms with Gasteiger partial charge in [0, 0.05) is 0 Å². The zero-order valence-corrected chi connectivity index (χ0v) is 11.8. The molecule has 0 saturated heterocycles. The molecule has 7 nitrogen and oxygen atoms in total. The zero-order valence-electron chi connectivity index (χ0n) is 11.8. The third-order valence-corrected chi connectivity index (χ3v) is 3.00. The molecule has 0 spiro atoms. The van der Waals surface area contributed by atoms with E-state index in [9.17, 15) is 9.59 Å². The molecule has 0 radical (unpaired) electrons. The number of carbonyl (C=O) groups excluding carboxylic acids is 1. The van der Waals surface area contributed by atoms with E-state index >= 15 is 0 Å². The normalized spacial score (nSPS) is 11.9. The first-order valence-corrected chi connectivity index (χ1v) is 6.54. The molecule has 0 bridgehead atoms. The van der Waals surface area contributed by atoms with Crippen molar-refractivity contribution >= 4 is 11.9 Å². The van der Waals surface area contributed by atoms with Gasteiger partial charge in [0.15, 0.2) is 5.69 Å². The van der Waals surface area contributed by atoms with Gasteiger partial charge in [-0.25, -0.2) is 9.48 Å². The Labute approximate surface area is 121 Å². The molecule has 2 N–H and O–H groups in total. The Morgan fingerprint density at radius 3 is 2.81 bits per heavy atom. The van der Waals surface area contributed by atoms with Crippen molar-refractivity contribution in [3.63, 3.8) is 0 Å². The van der Waals surface area contributed by atoms with E-state index in [-0.39, 0.29) is 5.69 Å². The molecule has 1 heterocycles. The molecule has 0 aliphatic heterocycles. The Bertz CT molecular complexity index is 666. The summed E-state index contributed by atoms with van der Waals surface area (Å²) in [5.41, 5.74) is 1.92. The van der Waals surface area contributed by atoms with E-state index in [0.29, 0.717) is 6.42 Å². The van der Waals surface area contributed by atoms with Crippen molar-refractivity contribution in [2.24, 2.45) is 0 Å². The monoisotopic (exact) mass is 288 g/mol. The summed E-state index contributed by atoms with van der Waals surface area (Å²) in [5, 5.41) is 19.0. The maximum absolute atomic E-state index is 11.9. The number of carboxylic acids is 1. The molecule has 0 aliphatic rings. The lowest BCUT2D eigenvalue weighted by molar-refractivity contribution is -0.139. The van der Waals surface area contributed by atoms with Crippen LogP contribution in [-0.4, -0.2) is 38.0 Å². The summed E-state index contributed by atoms with van der Waals surface area (Å²) in [4.78, 5) is 22.8. The fourth-order valence-corrected chi connectivity index (χ4v) is 1.84. The third kappa shape index (κ3) is 3.44. The number of aliphatic carboxylic acids is 1. The van der Waals surface area contributed by atoms with Gasteiger partial charge in [-0.05, 0) is 31.0 Å². The van der Waals surface area contributed by atoms with Crippen molar-refractivity contribution in [3.8, 4) is 5.69 Å². The topological polar surface area (TPSA) is 97.1 Å². The fraction of sp³-hybridized carbons (Fsp3) is 0.286. The number of rotatable bonds is 5. The summed E-state index contributed by atoms with van der Waals surface area (Å²) in [6.45, 7) is 3.63. The molecule has 1 aromatic carbocycles. The molecule has 2 rings (SSSR count). The van der Waals surface area contributed by atoms with E-state index in [4.69, 9.17) is 5.11 Å². The van der Waals surface area contributed by atoms with E-state index in [2.05, 4.69) is 15.6 Å². The van der Waals surface area contributed by atoms with Crippen LogP contribution in [0.3, 0.4) is 0 Å². The van der Waals surface area contributed by atoms with Crippen LogP contribution in [0.4, 0.5) is 0 Å². The number of amides is 1. The quantitative estimate of drug-likeness (QED) is 0.860. The Kier molecular flexibility index (Phi) is 4.32. The van der Waals surface area contributed by atoms with Crippen LogP contribution < -0.4 is 5.32 Å². The first-order valence-electron chi connectivity index (χ1n) is 6.54. The molecule has 2 aromatic rings. The molecule has 110 valence electrons. The van der Waals surface area contributed by atoms with Gasteiger partial charge in [0.05, 0.1) is 11.9 Å². The highest BCUT2D eigenvalue weighted by atomic mass is 16.4. The van der Waals surface area contributed by atoms with Crippen LogP contribution in [0.1, 0.15) is 29.4 Å². The van der Waals surface area contributed by atoms with Crippen molar-refractivity contribution < 1.29 is 14.7 Å². The number of nitrogens with zero attached hydrogens (tertiary/aromatic N) is 3. The first-order chi connectivity index (χ1) is 10.0. The number of benzene rings is 1. The van der Waals surface area contributed by atoms with Crippen LogP contribution in [0.15, 0.2) is 30.5 Å². The van der Waals surface area contributed by atoms with Crippen molar-refractivity contribution in [3.05, 3.63) is 41.7 Å². The molecular weight excluding hydrogens is 272 g/mol. The van der Waals surface area contributed by atoms with Crippen molar-refractivity contribution in [2.45, 2.75) is 26.3 Å². The minimum Gasteiger partial charge on any atom is -0.480 e. The van der Waals surface area contributed by atoms with Crippen molar-refractivity contribution in [2.75, 3.05) is 0 Å². The van der Waals surface area contributed by atoms with E-state index in [1.165, 1.54) is 10.9 Å². The van der Waals surface area contributed by atoms with Gasteiger partial charge in [0.25, 0.3) is 5.91 Å². The van der Waals surface area contributed by atoms with Gasteiger partial charge in [-0.2, -0.15) is 0 Å². The molecule has 21 heavy (non-hydrogen) atoms. The molecule has 7 heteroatoms. The summed E-state index contributed by atoms with van der Waals surface area (Å²) in [6, 6.07) is 6.65. The van der Waals surface area contributed by atoms with E-state index in [1.54, 1.807) is 6.92 Å². The number of aromatic nitrogens is 3. The van der Waals surface area contributed by atoms with Gasteiger partial charge < -0.3 is 10.4 Å². The second-order valence-electron chi connectivity index (χ2n) is 4.66. The van der Waals surface area contributed by atoms with Crippen LogP contribution in [0.25, 0.3) is 5.69 Å².